The summed E-state index contributed by atoms with van der Waals surface area (Å²) in [6.45, 7) is 3.85. The SMILES string of the molecule is COc1cccc(OC)c1-c1cc(C(=O)NC(C(=O)CC(CC(C)C)C(=O)O)C2CCCCC2)nn1-c1ccc(F)cc1. The molecule has 3 aromatic rings. The number of benzene rings is 2. The Bertz CT molecular complexity index is 1410. The lowest BCUT2D eigenvalue weighted by Gasteiger charge is -2.30. The molecule has 230 valence electrons. The number of hydrogen-bond donors (Lipinski definition) is 2. The molecule has 9 nitrogen and oxygen atoms in total. The van der Waals surface area contributed by atoms with Gasteiger partial charge in [-0.05, 0) is 73.6 Å². The molecule has 2 atom stereocenters. The fraction of sp³-hybridized carbons (Fsp3) is 0.455. The van der Waals surface area contributed by atoms with Gasteiger partial charge in [0.15, 0.2) is 11.5 Å². The number of ether oxygens (including phenoxy) is 2. The summed E-state index contributed by atoms with van der Waals surface area (Å²) in [5.74, 6) is -2.11. The topological polar surface area (TPSA) is 120 Å². The Labute approximate surface area is 251 Å². The quantitative estimate of drug-likeness (QED) is 0.246. The predicted molar refractivity (Wildman–Crippen MR) is 160 cm³/mol. The summed E-state index contributed by atoms with van der Waals surface area (Å²) in [6.07, 6.45) is 4.70. The van der Waals surface area contributed by atoms with Gasteiger partial charge in [0.2, 0.25) is 0 Å². The van der Waals surface area contributed by atoms with Crippen LogP contribution in [-0.2, 0) is 9.59 Å². The average molecular weight is 594 g/mol. The maximum atomic E-state index is 13.8. The Morgan fingerprint density at radius 3 is 2.21 bits per heavy atom. The van der Waals surface area contributed by atoms with E-state index in [0.717, 1.165) is 32.1 Å². The summed E-state index contributed by atoms with van der Waals surface area (Å²) in [4.78, 5) is 39.4. The van der Waals surface area contributed by atoms with Crippen LogP contribution in [0.3, 0.4) is 0 Å². The van der Waals surface area contributed by atoms with Crippen molar-refractivity contribution in [1.82, 2.24) is 15.1 Å². The van der Waals surface area contributed by atoms with E-state index in [2.05, 4.69) is 10.4 Å². The second-order valence-corrected chi connectivity index (χ2v) is 11.5. The molecule has 1 amide bonds. The number of carboxylic acids is 1. The Balaban J connectivity index is 1.73. The molecule has 0 radical (unpaired) electrons. The van der Waals surface area contributed by atoms with E-state index in [-0.39, 0.29) is 29.7 Å². The first-order chi connectivity index (χ1) is 20.6. The van der Waals surface area contributed by atoms with Crippen molar-refractivity contribution in [2.75, 3.05) is 14.2 Å². The minimum Gasteiger partial charge on any atom is -0.496 e. The third-order valence-electron chi connectivity index (χ3n) is 8.00. The molecule has 0 aliphatic heterocycles. The number of carbonyl (C=O) groups is 3. The maximum absolute atomic E-state index is 13.8. The Morgan fingerprint density at radius 1 is 1.02 bits per heavy atom. The number of Topliss-reactive ketones (excluding diaryl/α,β-unsaturated/α-hetero) is 1. The van der Waals surface area contributed by atoms with Crippen molar-refractivity contribution >= 4 is 17.7 Å². The van der Waals surface area contributed by atoms with E-state index >= 15 is 0 Å². The number of nitrogens with zero attached hydrogens (tertiary/aromatic N) is 2. The van der Waals surface area contributed by atoms with Gasteiger partial charge in [-0.25, -0.2) is 9.07 Å². The molecule has 1 saturated carbocycles. The van der Waals surface area contributed by atoms with Crippen LogP contribution in [0.4, 0.5) is 4.39 Å². The third-order valence-corrected chi connectivity index (χ3v) is 8.00. The first-order valence-corrected chi connectivity index (χ1v) is 14.8. The lowest BCUT2D eigenvalue weighted by atomic mass is 9.80. The summed E-state index contributed by atoms with van der Waals surface area (Å²) in [7, 11) is 3.04. The minimum absolute atomic E-state index is 0.0397. The van der Waals surface area contributed by atoms with Crippen molar-refractivity contribution in [2.45, 2.75) is 64.8 Å². The van der Waals surface area contributed by atoms with E-state index < -0.39 is 29.7 Å². The van der Waals surface area contributed by atoms with Gasteiger partial charge in [0.1, 0.15) is 17.3 Å². The monoisotopic (exact) mass is 593 g/mol. The summed E-state index contributed by atoms with van der Waals surface area (Å²) in [5.41, 5.74) is 1.55. The zero-order valence-corrected chi connectivity index (χ0v) is 25.1. The van der Waals surface area contributed by atoms with E-state index in [1.807, 2.05) is 13.8 Å². The van der Waals surface area contributed by atoms with Crippen LogP contribution < -0.4 is 14.8 Å². The molecule has 10 heteroatoms. The standard InChI is InChI=1S/C33H40FN3O6/c1-20(2)17-22(33(40)41)18-27(38)31(21-9-6-5-7-10-21)35-32(39)25-19-26(30-28(42-3)11-8-12-29(30)43-4)37(36-25)24-15-13-23(34)14-16-24/h8,11-16,19-22,31H,5-7,9-10,17-18H2,1-4H3,(H,35,39)(H,40,41). The molecule has 1 aromatic heterocycles. The Kier molecular flexibility index (Phi) is 10.6. The fourth-order valence-electron chi connectivity index (χ4n) is 5.91. The molecule has 0 saturated heterocycles. The molecule has 1 aliphatic carbocycles. The number of halogens is 1. The van der Waals surface area contributed by atoms with Gasteiger partial charge in [-0.15, -0.1) is 0 Å². The highest BCUT2D eigenvalue weighted by atomic mass is 19.1. The van der Waals surface area contributed by atoms with Gasteiger partial charge in [-0.3, -0.25) is 14.4 Å². The first-order valence-electron chi connectivity index (χ1n) is 14.8. The molecule has 4 rings (SSSR count). The van der Waals surface area contributed by atoms with Gasteiger partial charge >= 0.3 is 5.97 Å². The van der Waals surface area contributed by atoms with Gasteiger partial charge in [-0.1, -0.05) is 39.2 Å². The molecule has 1 heterocycles. The maximum Gasteiger partial charge on any atom is 0.306 e. The smallest absolute Gasteiger partial charge is 0.306 e. The normalized spacial score (nSPS) is 15.1. The zero-order chi connectivity index (χ0) is 31.1. The highest BCUT2D eigenvalue weighted by molar-refractivity contribution is 5.98. The number of methoxy groups -OCH3 is 2. The third kappa shape index (κ3) is 7.60. The zero-order valence-electron chi connectivity index (χ0n) is 25.1. The van der Waals surface area contributed by atoms with Gasteiger partial charge in [0.25, 0.3) is 5.91 Å². The molecule has 2 N–H and O–H groups in total. The number of carbonyl (C=O) groups excluding carboxylic acids is 2. The van der Waals surface area contributed by atoms with Crippen LogP contribution in [0.15, 0.2) is 48.5 Å². The molecular weight excluding hydrogens is 553 g/mol. The van der Waals surface area contributed by atoms with Gasteiger partial charge in [-0.2, -0.15) is 5.10 Å². The molecule has 0 spiro atoms. The number of carboxylic acid groups (broad SMARTS) is 1. The molecule has 2 unspecified atom stereocenters. The van der Waals surface area contributed by atoms with Crippen LogP contribution in [-0.4, -0.2) is 52.8 Å². The van der Waals surface area contributed by atoms with Crippen LogP contribution in [0.2, 0.25) is 0 Å². The number of hydrogen-bond acceptors (Lipinski definition) is 6. The summed E-state index contributed by atoms with van der Waals surface area (Å²) < 4.78 is 26.5. The van der Waals surface area contributed by atoms with Crippen LogP contribution in [0, 0.1) is 23.6 Å². The lowest BCUT2D eigenvalue weighted by Crippen LogP contribution is -2.47. The van der Waals surface area contributed by atoms with Crippen LogP contribution >= 0.6 is 0 Å². The van der Waals surface area contributed by atoms with E-state index in [0.29, 0.717) is 34.9 Å². The lowest BCUT2D eigenvalue weighted by molar-refractivity contribution is -0.144. The average Bonchev–Trinajstić information content (AvgIpc) is 3.44. The molecular formula is C33H40FN3O6. The number of nitrogens with one attached hydrogen (secondary N) is 1. The summed E-state index contributed by atoms with van der Waals surface area (Å²) in [6, 6.07) is 11.7. The van der Waals surface area contributed by atoms with E-state index in [1.165, 1.54) is 31.0 Å². The molecule has 1 fully saturated rings. The Morgan fingerprint density at radius 2 is 1.65 bits per heavy atom. The van der Waals surface area contributed by atoms with Crippen molar-refractivity contribution in [3.8, 4) is 28.4 Å². The van der Waals surface area contributed by atoms with Gasteiger partial charge < -0.3 is 19.9 Å². The number of aromatic nitrogens is 2. The highest BCUT2D eigenvalue weighted by Gasteiger charge is 2.35. The van der Waals surface area contributed by atoms with E-state index in [9.17, 15) is 23.9 Å². The van der Waals surface area contributed by atoms with Crippen molar-refractivity contribution in [1.29, 1.82) is 0 Å². The van der Waals surface area contributed by atoms with Gasteiger partial charge in [0, 0.05) is 6.42 Å². The van der Waals surface area contributed by atoms with Crippen LogP contribution in [0.25, 0.3) is 16.9 Å². The minimum atomic E-state index is -1.01. The first kappa shape index (κ1) is 31.7. The molecule has 2 aromatic carbocycles. The van der Waals surface area contributed by atoms with Crippen molar-refractivity contribution in [3.05, 3.63) is 60.0 Å². The second kappa shape index (κ2) is 14.3. The highest BCUT2D eigenvalue weighted by Crippen LogP contribution is 2.39. The van der Waals surface area contributed by atoms with Crippen molar-refractivity contribution < 1.29 is 33.4 Å². The van der Waals surface area contributed by atoms with Crippen molar-refractivity contribution in [3.63, 3.8) is 0 Å². The molecule has 1 aliphatic rings. The number of rotatable bonds is 13. The summed E-state index contributed by atoms with van der Waals surface area (Å²) >= 11 is 0. The van der Waals surface area contributed by atoms with Crippen molar-refractivity contribution in [2.24, 2.45) is 17.8 Å². The molecule has 43 heavy (non-hydrogen) atoms. The fourth-order valence-corrected chi connectivity index (χ4v) is 5.91. The molecule has 0 bridgehead atoms. The largest absolute Gasteiger partial charge is 0.496 e. The Hall–Kier alpha value is -4.21. The van der Waals surface area contributed by atoms with Gasteiger partial charge in [0.05, 0.1) is 43.1 Å². The second-order valence-electron chi connectivity index (χ2n) is 11.5. The number of ketones is 1. The van der Waals surface area contributed by atoms with E-state index in [4.69, 9.17) is 9.47 Å². The predicted octanol–water partition coefficient (Wildman–Crippen LogP) is 6.08. The van der Waals surface area contributed by atoms with Crippen LogP contribution in [0.5, 0.6) is 11.5 Å². The number of aliphatic carboxylic acids is 1. The number of amides is 1. The van der Waals surface area contributed by atoms with Crippen LogP contribution in [0.1, 0.15) is 69.3 Å². The van der Waals surface area contributed by atoms with E-state index in [1.54, 1.807) is 36.4 Å². The summed E-state index contributed by atoms with van der Waals surface area (Å²) in [5, 5.41) is 17.3.